The van der Waals surface area contributed by atoms with Gasteiger partial charge in [0.05, 0.1) is 28.5 Å². The largest absolute Gasteiger partial charge is 0.355 e. The Morgan fingerprint density at radius 1 is 0.600 bits per heavy atom. The fraction of sp³-hybridized carbons (Fsp3) is 0.143. The second kappa shape index (κ2) is 10.3. The van der Waals surface area contributed by atoms with E-state index in [1.54, 1.807) is 18.6 Å². The molecule has 0 unspecified atom stereocenters. The van der Waals surface area contributed by atoms with Gasteiger partial charge < -0.3 is 9.97 Å². The summed E-state index contributed by atoms with van der Waals surface area (Å²) >= 11 is 0. The SMILES string of the molecule is C1=Cc2cc3ccc(cc4nc(cc5ccc(cc1n2)[nH]5)C=C4)[nH]3.CC(C)(C)c1cnccn1.[Zn]. The fourth-order valence-electron chi connectivity index (χ4n) is 3.63. The Balaban J connectivity index is 0.000000224. The van der Waals surface area contributed by atoms with Gasteiger partial charge in [0, 0.05) is 65.6 Å². The van der Waals surface area contributed by atoms with Gasteiger partial charge in [0.25, 0.3) is 0 Å². The molecule has 8 bridgehead atoms. The minimum absolute atomic E-state index is 0. The summed E-state index contributed by atoms with van der Waals surface area (Å²) in [5.74, 6) is 0. The van der Waals surface area contributed by atoms with E-state index in [2.05, 4.69) is 74.9 Å². The Kier molecular flexibility index (Phi) is 7.18. The molecule has 0 radical (unpaired) electrons. The Labute approximate surface area is 217 Å². The van der Waals surface area contributed by atoms with Gasteiger partial charge in [-0.25, -0.2) is 9.97 Å². The van der Waals surface area contributed by atoms with Crippen LogP contribution in [-0.2, 0) is 24.9 Å². The van der Waals surface area contributed by atoms with Crippen molar-refractivity contribution in [1.82, 2.24) is 29.9 Å². The quantitative estimate of drug-likeness (QED) is 0.230. The van der Waals surface area contributed by atoms with E-state index < -0.39 is 0 Å². The molecule has 0 amide bonds. The molecule has 4 aromatic rings. The van der Waals surface area contributed by atoms with Gasteiger partial charge in [-0.1, -0.05) is 20.8 Å². The molecule has 0 aromatic carbocycles. The maximum atomic E-state index is 4.63. The molecule has 0 fully saturated rings. The second-order valence-corrected chi connectivity index (χ2v) is 9.25. The van der Waals surface area contributed by atoms with Crippen LogP contribution in [-0.4, -0.2) is 29.9 Å². The van der Waals surface area contributed by atoms with Crippen molar-refractivity contribution in [3.8, 4) is 0 Å². The smallest absolute Gasteiger partial charge is 0.0658 e. The first-order valence-electron chi connectivity index (χ1n) is 11.2. The van der Waals surface area contributed by atoms with Crippen molar-refractivity contribution < 1.29 is 19.5 Å². The van der Waals surface area contributed by atoms with Crippen LogP contribution in [0.3, 0.4) is 0 Å². The van der Waals surface area contributed by atoms with E-state index in [0.717, 1.165) is 50.5 Å². The van der Waals surface area contributed by atoms with E-state index in [9.17, 15) is 0 Å². The van der Waals surface area contributed by atoms with Crippen LogP contribution in [0, 0.1) is 0 Å². The normalized spacial score (nSPS) is 12.0. The first-order valence-corrected chi connectivity index (χ1v) is 11.2. The van der Waals surface area contributed by atoms with Crippen molar-refractivity contribution in [2.45, 2.75) is 26.2 Å². The maximum absolute atomic E-state index is 4.63. The first-order chi connectivity index (χ1) is 16.4. The Morgan fingerprint density at radius 3 is 1.29 bits per heavy atom. The number of rotatable bonds is 0. The predicted octanol–water partition coefficient (Wildman–Crippen LogP) is 6.43. The predicted molar refractivity (Wildman–Crippen MR) is 140 cm³/mol. The van der Waals surface area contributed by atoms with Crippen LogP contribution in [0.15, 0.2) is 67.1 Å². The average Bonchev–Trinajstić information content (AvgIpc) is 3.60. The molecule has 2 N–H and O–H groups in total. The number of hydrogen-bond donors (Lipinski definition) is 2. The molecule has 0 aliphatic carbocycles. The zero-order chi connectivity index (χ0) is 23.5. The molecule has 170 valence electrons. The molecule has 6 rings (SSSR count). The van der Waals surface area contributed by atoms with Crippen LogP contribution < -0.4 is 0 Å². The Morgan fingerprint density at radius 2 is 1.00 bits per heavy atom. The third-order valence-corrected chi connectivity index (χ3v) is 5.37. The molecule has 2 aliphatic rings. The van der Waals surface area contributed by atoms with E-state index in [-0.39, 0.29) is 24.9 Å². The Hall–Kier alpha value is -3.70. The van der Waals surface area contributed by atoms with Crippen LogP contribution >= 0.6 is 0 Å². The van der Waals surface area contributed by atoms with E-state index >= 15 is 0 Å². The number of nitrogens with one attached hydrogen (secondary N) is 2. The molecule has 4 aromatic heterocycles. The van der Waals surface area contributed by atoms with Gasteiger partial charge in [0.2, 0.25) is 0 Å². The molecule has 35 heavy (non-hydrogen) atoms. The maximum Gasteiger partial charge on any atom is 0.0658 e. The van der Waals surface area contributed by atoms with Crippen molar-refractivity contribution in [1.29, 1.82) is 0 Å². The van der Waals surface area contributed by atoms with E-state index in [1.807, 2.05) is 48.6 Å². The van der Waals surface area contributed by atoms with Gasteiger partial charge in [-0.15, -0.1) is 0 Å². The molecular formula is C28H26N6Zn. The summed E-state index contributed by atoms with van der Waals surface area (Å²) in [7, 11) is 0. The number of nitrogens with zero attached hydrogens (tertiary/aromatic N) is 4. The van der Waals surface area contributed by atoms with Crippen molar-refractivity contribution in [2.75, 3.05) is 0 Å². The van der Waals surface area contributed by atoms with Crippen LogP contribution in [0.1, 0.15) is 49.2 Å². The van der Waals surface area contributed by atoms with Crippen LogP contribution in [0.4, 0.5) is 0 Å². The number of aromatic nitrogens is 6. The zero-order valence-electron chi connectivity index (χ0n) is 20.2. The molecule has 7 heteroatoms. The number of hydrogen-bond acceptors (Lipinski definition) is 4. The molecule has 0 spiro atoms. The van der Waals surface area contributed by atoms with Gasteiger partial charge in [-0.3, -0.25) is 9.97 Å². The van der Waals surface area contributed by atoms with E-state index in [1.165, 1.54) is 0 Å². The van der Waals surface area contributed by atoms with Crippen LogP contribution in [0.5, 0.6) is 0 Å². The van der Waals surface area contributed by atoms with Crippen molar-refractivity contribution in [2.24, 2.45) is 0 Å². The van der Waals surface area contributed by atoms with Crippen molar-refractivity contribution >= 4 is 46.4 Å². The fourth-order valence-corrected chi connectivity index (χ4v) is 3.63. The third kappa shape index (κ3) is 6.25. The molecule has 0 saturated heterocycles. The molecule has 2 aliphatic heterocycles. The zero-order valence-corrected chi connectivity index (χ0v) is 23.1. The van der Waals surface area contributed by atoms with Crippen molar-refractivity contribution in [3.63, 3.8) is 0 Å². The first kappa shape index (κ1) is 24.4. The van der Waals surface area contributed by atoms with Gasteiger partial charge in [-0.2, -0.15) is 0 Å². The molecule has 0 atom stereocenters. The molecule has 6 heterocycles. The molecule has 6 nitrogen and oxygen atoms in total. The van der Waals surface area contributed by atoms with E-state index in [4.69, 9.17) is 0 Å². The summed E-state index contributed by atoms with van der Waals surface area (Å²) in [5, 5.41) is 0. The molecule has 0 saturated carbocycles. The van der Waals surface area contributed by atoms with Crippen molar-refractivity contribution in [3.05, 3.63) is 95.6 Å². The summed E-state index contributed by atoms with van der Waals surface area (Å²) in [6, 6.07) is 16.4. The summed E-state index contributed by atoms with van der Waals surface area (Å²) < 4.78 is 0. The second-order valence-electron chi connectivity index (χ2n) is 9.25. The third-order valence-electron chi connectivity index (χ3n) is 5.37. The monoisotopic (exact) mass is 510 g/mol. The van der Waals surface area contributed by atoms with Gasteiger partial charge in [0.1, 0.15) is 0 Å². The van der Waals surface area contributed by atoms with Crippen LogP contribution in [0.25, 0.3) is 46.4 Å². The standard InChI is InChI=1S/C20H14N4.C8H12N2.Zn/c1-2-14-10-16-5-6-18(23-16)12-20-8-7-19(24-20)11-17-4-3-15(22-17)9-13(1)21-14;1-8(2,3)7-6-9-4-5-10-7;/h1-12,21,24H;4-6H,1-3H3;. The number of aromatic amines is 2. The van der Waals surface area contributed by atoms with Gasteiger partial charge >= 0.3 is 0 Å². The number of H-pyrrole nitrogens is 2. The Bertz CT molecular complexity index is 1360. The minimum atomic E-state index is 0. The summed E-state index contributed by atoms with van der Waals surface area (Å²) in [4.78, 5) is 24.2. The number of fused-ring (bicyclic) bond motifs is 8. The average molecular weight is 512 g/mol. The summed E-state index contributed by atoms with van der Waals surface area (Å²) in [6.07, 6.45) is 13.3. The van der Waals surface area contributed by atoms with Gasteiger partial charge in [-0.05, 0) is 72.8 Å². The van der Waals surface area contributed by atoms with Crippen LogP contribution in [0.2, 0.25) is 0 Å². The molecular weight excluding hydrogens is 486 g/mol. The summed E-state index contributed by atoms with van der Waals surface area (Å²) in [6.45, 7) is 6.37. The van der Waals surface area contributed by atoms with E-state index in [0.29, 0.717) is 0 Å². The topological polar surface area (TPSA) is 83.1 Å². The summed E-state index contributed by atoms with van der Waals surface area (Å²) in [5.41, 5.74) is 9.02. The van der Waals surface area contributed by atoms with Gasteiger partial charge in [0.15, 0.2) is 0 Å². The minimum Gasteiger partial charge on any atom is -0.355 e.